The lowest BCUT2D eigenvalue weighted by Crippen LogP contribution is -2.17. The van der Waals surface area contributed by atoms with E-state index in [-0.39, 0.29) is 11.7 Å². The lowest BCUT2D eigenvalue weighted by molar-refractivity contribution is 0.502. The Balaban J connectivity index is 1.87. The second-order valence-electron chi connectivity index (χ2n) is 6.70. The van der Waals surface area contributed by atoms with Gasteiger partial charge < -0.3 is 0 Å². The zero-order valence-electron chi connectivity index (χ0n) is 14.2. The van der Waals surface area contributed by atoms with Crippen LogP contribution in [0.15, 0.2) is 24.3 Å². The minimum atomic E-state index is -0.838. The first kappa shape index (κ1) is 17.5. The third-order valence-corrected chi connectivity index (χ3v) is 5.06. The van der Waals surface area contributed by atoms with Crippen molar-refractivity contribution in [2.75, 3.05) is 0 Å². The lowest BCUT2D eigenvalue weighted by atomic mass is 9.79. The quantitative estimate of drug-likeness (QED) is 0.710. The molecule has 0 amide bonds. The fraction of sp³-hybridized carbons (Fsp3) is 0.381. The molecule has 0 fully saturated rings. The van der Waals surface area contributed by atoms with Gasteiger partial charge in [-0.15, -0.1) is 0 Å². The Labute approximate surface area is 146 Å². The highest BCUT2D eigenvalue weighted by Gasteiger charge is 2.27. The van der Waals surface area contributed by atoms with Crippen LogP contribution >= 0.6 is 0 Å². The second-order valence-corrected chi connectivity index (χ2v) is 6.70. The molecule has 4 heteroatoms. The Kier molecular flexibility index (Phi) is 5.13. The molecule has 0 spiro atoms. The molecule has 0 saturated heterocycles. The molecule has 0 heterocycles. The third kappa shape index (κ3) is 3.42. The third-order valence-electron chi connectivity index (χ3n) is 5.06. The monoisotopic (exact) mass is 343 g/mol. The van der Waals surface area contributed by atoms with Crippen molar-refractivity contribution in [3.63, 3.8) is 0 Å². The van der Waals surface area contributed by atoms with Crippen LogP contribution in [0.3, 0.4) is 0 Å². The van der Waals surface area contributed by atoms with Crippen molar-refractivity contribution in [1.82, 2.24) is 0 Å². The Morgan fingerprint density at radius 3 is 2.64 bits per heavy atom. The molecule has 2 aromatic carbocycles. The molecule has 1 aliphatic carbocycles. The summed E-state index contributed by atoms with van der Waals surface area (Å²) in [7, 11) is 0. The summed E-state index contributed by atoms with van der Waals surface area (Å²) in [5.74, 6) is -1.93. The molecular weight excluding hydrogens is 323 g/mol. The molecular formula is C21H20F3N. The maximum absolute atomic E-state index is 14.5. The van der Waals surface area contributed by atoms with E-state index in [2.05, 4.69) is 6.92 Å². The Bertz CT molecular complexity index is 836. The summed E-state index contributed by atoms with van der Waals surface area (Å²) in [6.45, 7) is 2.10. The average Bonchev–Trinajstić information content (AvgIpc) is 2.60. The minimum Gasteiger partial charge on any atom is -0.207 e. The summed E-state index contributed by atoms with van der Waals surface area (Å²) < 4.78 is 42.7. The van der Waals surface area contributed by atoms with Crippen LogP contribution in [-0.2, 0) is 19.3 Å². The Morgan fingerprint density at radius 1 is 1.16 bits per heavy atom. The van der Waals surface area contributed by atoms with Gasteiger partial charge in [-0.25, -0.2) is 13.2 Å². The van der Waals surface area contributed by atoms with E-state index in [4.69, 9.17) is 5.26 Å². The number of benzene rings is 2. The van der Waals surface area contributed by atoms with E-state index < -0.39 is 17.2 Å². The van der Waals surface area contributed by atoms with Crippen LogP contribution in [0.4, 0.5) is 13.2 Å². The summed E-state index contributed by atoms with van der Waals surface area (Å²) in [6.07, 6.45) is 4.30. The van der Waals surface area contributed by atoms with Gasteiger partial charge in [0.25, 0.3) is 0 Å². The van der Waals surface area contributed by atoms with Crippen molar-refractivity contribution in [1.29, 1.82) is 5.26 Å². The second kappa shape index (κ2) is 7.31. The number of unbranched alkanes of at least 4 members (excludes halogenated alkanes) is 1. The number of nitriles is 1. The molecule has 1 unspecified atom stereocenters. The van der Waals surface area contributed by atoms with Crippen LogP contribution in [0.5, 0.6) is 0 Å². The Hall–Kier alpha value is -2.28. The molecule has 3 rings (SSSR count). The van der Waals surface area contributed by atoms with Crippen LogP contribution < -0.4 is 0 Å². The smallest absolute Gasteiger partial charge is 0.147 e. The number of fused-ring (bicyclic) bond motifs is 1. The SMILES string of the molecule is CCCCc1ccc(C2CCc3c(cc(F)c(C#N)c3F)C2)c(F)c1. The molecule has 0 aromatic heterocycles. The van der Waals surface area contributed by atoms with Gasteiger partial charge >= 0.3 is 0 Å². The van der Waals surface area contributed by atoms with E-state index in [1.165, 1.54) is 6.07 Å². The number of rotatable bonds is 4. The highest BCUT2D eigenvalue weighted by molar-refractivity contribution is 5.44. The molecule has 0 aliphatic heterocycles. The summed E-state index contributed by atoms with van der Waals surface area (Å²) in [4.78, 5) is 0. The standard InChI is InChI=1S/C21H20F3N/c1-2-3-4-13-5-7-16(19(22)9-13)14-6-8-17-15(10-14)11-20(23)18(12-25)21(17)24/h5,7,9,11,14H,2-4,6,8,10H2,1H3. The number of halogens is 3. The van der Waals surface area contributed by atoms with Gasteiger partial charge in [-0.2, -0.15) is 5.26 Å². The zero-order valence-corrected chi connectivity index (χ0v) is 14.2. The first-order valence-corrected chi connectivity index (χ1v) is 8.73. The number of hydrogen-bond donors (Lipinski definition) is 0. The van der Waals surface area contributed by atoms with Gasteiger partial charge in [0.1, 0.15) is 29.1 Å². The first-order chi connectivity index (χ1) is 12.0. The van der Waals surface area contributed by atoms with E-state index in [0.29, 0.717) is 36.0 Å². The zero-order chi connectivity index (χ0) is 18.0. The molecule has 2 aromatic rings. The van der Waals surface area contributed by atoms with Crippen LogP contribution in [0.25, 0.3) is 0 Å². The van der Waals surface area contributed by atoms with Crippen LogP contribution in [-0.4, -0.2) is 0 Å². The van der Waals surface area contributed by atoms with Gasteiger partial charge in [-0.05, 0) is 72.4 Å². The van der Waals surface area contributed by atoms with Crippen molar-refractivity contribution in [3.8, 4) is 6.07 Å². The van der Waals surface area contributed by atoms with Gasteiger partial charge in [0.15, 0.2) is 0 Å². The van der Waals surface area contributed by atoms with Crippen molar-refractivity contribution < 1.29 is 13.2 Å². The predicted octanol–water partition coefficient (Wildman–Crippen LogP) is 5.59. The van der Waals surface area contributed by atoms with Gasteiger partial charge in [-0.1, -0.05) is 25.5 Å². The average molecular weight is 343 g/mol. The summed E-state index contributed by atoms with van der Waals surface area (Å²) >= 11 is 0. The van der Waals surface area contributed by atoms with Gasteiger partial charge in [-0.3, -0.25) is 0 Å². The normalized spacial score (nSPS) is 16.4. The van der Waals surface area contributed by atoms with Crippen molar-refractivity contribution in [2.24, 2.45) is 0 Å². The summed E-state index contributed by atoms with van der Waals surface area (Å²) in [5, 5.41) is 8.88. The van der Waals surface area contributed by atoms with Gasteiger partial charge in [0.2, 0.25) is 0 Å². The lowest BCUT2D eigenvalue weighted by Gasteiger charge is -2.26. The van der Waals surface area contributed by atoms with Crippen molar-refractivity contribution in [3.05, 3.63) is 69.5 Å². The van der Waals surface area contributed by atoms with E-state index in [1.54, 1.807) is 12.1 Å². The largest absolute Gasteiger partial charge is 0.207 e. The molecule has 25 heavy (non-hydrogen) atoms. The topological polar surface area (TPSA) is 23.8 Å². The highest BCUT2D eigenvalue weighted by atomic mass is 19.1. The Morgan fingerprint density at radius 2 is 1.96 bits per heavy atom. The molecule has 0 saturated carbocycles. The van der Waals surface area contributed by atoms with Gasteiger partial charge in [0, 0.05) is 0 Å². The predicted molar refractivity (Wildman–Crippen MR) is 90.9 cm³/mol. The molecule has 0 radical (unpaired) electrons. The van der Waals surface area contributed by atoms with E-state index >= 15 is 0 Å². The molecule has 1 aliphatic rings. The molecule has 1 nitrogen and oxygen atoms in total. The highest BCUT2D eigenvalue weighted by Crippen LogP contribution is 2.36. The van der Waals surface area contributed by atoms with Crippen LogP contribution in [0.2, 0.25) is 0 Å². The fourth-order valence-corrected chi connectivity index (χ4v) is 3.65. The van der Waals surface area contributed by atoms with E-state index in [1.807, 2.05) is 12.1 Å². The number of aryl methyl sites for hydroxylation is 1. The molecule has 0 bridgehead atoms. The fourth-order valence-electron chi connectivity index (χ4n) is 3.65. The maximum atomic E-state index is 14.5. The van der Waals surface area contributed by atoms with Crippen molar-refractivity contribution >= 4 is 0 Å². The number of hydrogen-bond acceptors (Lipinski definition) is 1. The number of nitrogens with zero attached hydrogens (tertiary/aromatic N) is 1. The van der Waals surface area contributed by atoms with E-state index in [0.717, 1.165) is 24.8 Å². The van der Waals surface area contributed by atoms with Crippen LogP contribution in [0, 0.1) is 28.8 Å². The summed E-state index contributed by atoms with van der Waals surface area (Å²) in [5.41, 5.74) is 2.00. The maximum Gasteiger partial charge on any atom is 0.147 e. The van der Waals surface area contributed by atoms with Crippen molar-refractivity contribution in [2.45, 2.75) is 51.4 Å². The van der Waals surface area contributed by atoms with Crippen LogP contribution in [0.1, 0.15) is 59.9 Å². The summed E-state index contributed by atoms with van der Waals surface area (Å²) in [6, 6.07) is 8.15. The minimum absolute atomic E-state index is 0.0977. The van der Waals surface area contributed by atoms with E-state index in [9.17, 15) is 13.2 Å². The van der Waals surface area contributed by atoms with Gasteiger partial charge in [0.05, 0.1) is 0 Å². The molecule has 1 atom stereocenters. The first-order valence-electron chi connectivity index (χ1n) is 8.73. The molecule has 0 N–H and O–H groups in total. The molecule has 130 valence electrons.